The number of ether oxygens (including phenoxy) is 1. The summed E-state index contributed by atoms with van der Waals surface area (Å²) in [5.74, 6) is 1.93. The van der Waals surface area contributed by atoms with Gasteiger partial charge < -0.3 is 16.2 Å². The molecule has 4 rings (SSSR count). The molecule has 1 saturated heterocycles. The van der Waals surface area contributed by atoms with Crippen LogP contribution < -0.4 is 16.2 Å². The molecule has 5 nitrogen and oxygen atoms in total. The zero-order chi connectivity index (χ0) is 22.6. The molecule has 0 saturated carbocycles. The van der Waals surface area contributed by atoms with E-state index in [4.69, 9.17) is 16.2 Å². The molecule has 0 radical (unpaired) electrons. The summed E-state index contributed by atoms with van der Waals surface area (Å²) in [6.45, 7) is 7.39. The van der Waals surface area contributed by atoms with Gasteiger partial charge in [0.05, 0.1) is 5.54 Å². The molecule has 170 valence electrons. The lowest BCUT2D eigenvalue weighted by molar-refractivity contribution is 0.165. The molecule has 0 bridgehead atoms. The van der Waals surface area contributed by atoms with Gasteiger partial charge in [0.1, 0.15) is 11.8 Å². The van der Waals surface area contributed by atoms with Crippen LogP contribution >= 0.6 is 0 Å². The number of rotatable bonds is 6. The van der Waals surface area contributed by atoms with E-state index in [9.17, 15) is 0 Å². The van der Waals surface area contributed by atoms with Crippen LogP contribution in [-0.4, -0.2) is 35.5 Å². The number of likely N-dealkylation sites (tertiary alicyclic amines) is 1. The van der Waals surface area contributed by atoms with Crippen LogP contribution in [0.3, 0.4) is 0 Å². The van der Waals surface area contributed by atoms with Gasteiger partial charge in [0, 0.05) is 12.2 Å². The van der Waals surface area contributed by atoms with Crippen molar-refractivity contribution in [3.8, 4) is 5.75 Å². The fourth-order valence-electron chi connectivity index (χ4n) is 4.87. The van der Waals surface area contributed by atoms with Gasteiger partial charge in [0.2, 0.25) is 5.90 Å². The molecule has 2 unspecified atom stereocenters. The van der Waals surface area contributed by atoms with Crippen molar-refractivity contribution < 1.29 is 4.74 Å². The molecule has 0 aliphatic carbocycles. The first-order chi connectivity index (χ1) is 15.5. The van der Waals surface area contributed by atoms with E-state index in [2.05, 4.69) is 47.1 Å². The Labute approximate surface area is 192 Å². The number of hydrogen-bond donors (Lipinski definition) is 2. The van der Waals surface area contributed by atoms with Gasteiger partial charge in [-0.05, 0) is 81.8 Å². The largest absolute Gasteiger partial charge is 0.441 e. The first-order valence-electron chi connectivity index (χ1n) is 11.8. The van der Waals surface area contributed by atoms with Gasteiger partial charge >= 0.3 is 0 Å². The Kier molecular flexibility index (Phi) is 7.09. The molecule has 5 heteroatoms. The maximum absolute atomic E-state index is 6.97. The van der Waals surface area contributed by atoms with Crippen molar-refractivity contribution in [3.63, 3.8) is 0 Å². The fourth-order valence-corrected chi connectivity index (χ4v) is 4.87. The number of nitrogens with two attached hydrogens (primary N) is 2. The summed E-state index contributed by atoms with van der Waals surface area (Å²) >= 11 is 0. The Balaban J connectivity index is 1.34. The molecule has 4 N–H and O–H groups in total. The SMILES string of the molecule is CC1=C(C)C(N)(CCC2CCN(Cc3ccccc3)CC2)C(N)C(Oc2ccccc2)=N1. The topological polar surface area (TPSA) is 76.9 Å². The van der Waals surface area contributed by atoms with Crippen molar-refractivity contribution in [2.45, 2.75) is 57.7 Å². The smallest absolute Gasteiger partial charge is 0.214 e. The zero-order valence-corrected chi connectivity index (χ0v) is 19.3. The van der Waals surface area contributed by atoms with Gasteiger partial charge in [-0.2, -0.15) is 0 Å². The van der Waals surface area contributed by atoms with Crippen molar-refractivity contribution in [2.75, 3.05) is 13.1 Å². The molecule has 2 aromatic rings. The van der Waals surface area contributed by atoms with Gasteiger partial charge in [-0.25, -0.2) is 4.99 Å². The summed E-state index contributed by atoms with van der Waals surface area (Å²) in [6, 6.07) is 20.0. The average molecular weight is 433 g/mol. The van der Waals surface area contributed by atoms with E-state index >= 15 is 0 Å². The second kappa shape index (κ2) is 9.99. The van der Waals surface area contributed by atoms with Gasteiger partial charge in [-0.1, -0.05) is 48.5 Å². The second-order valence-corrected chi connectivity index (χ2v) is 9.34. The van der Waals surface area contributed by atoms with Crippen LogP contribution in [-0.2, 0) is 6.54 Å². The minimum absolute atomic E-state index is 0.454. The third-order valence-corrected chi connectivity index (χ3v) is 7.23. The highest BCUT2D eigenvalue weighted by molar-refractivity contribution is 5.88. The van der Waals surface area contributed by atoms with Crippen LogP contribution in [0.15, 0.2) is 76.9 Å². The summed E-state index contributed by atoms with van der Waals surface area (Å²) in [7, 11) is 0. The number of nitrogens with zero attached hydrogens (tertiary/aromatic N) is 2. The highest BCUT2D eigenvalue weighted by atomic mass is 16.5. The molecule has 1 fully saturated rings. The van der Waals surface area contributed by atoms with E-state index < -0.39 is 11.6 Å². The summed E-state index contributed by atoms with van der Waals surface area (Å²) in [5, 5.41) is 0. The van der Waals surface area contributed by atoms with Crippen molar-refractivity contribution in [2.24, 2.45) is 22.4 Å². The van der Waals surface area contributed by atoms with Crippen LogP contribution in [0.25, 0.3) is 0 Å². The monoisotopic (exact) mass is 432 g/mol. The molecule has 32 heavy (non-hydrogen) atoms. The number of benzene rings is 2. The van der Waals surface area contributed by atoms with Crippen molar-refractivity contribution in [1.82, 2.24) is 4.90 Å². The number of para-hydroxylation sites is 1. The predicted molar refractivity (Wildman–Crippen MR) is 131 cm³/mol. The van der Waals surface area contributed by atoms with Gasteiger partial charge in [-0.3, -0.25) is 4.90 Å². The normalized spacial score (nSPS) is 25.0. The van der Waals surface area contributed by atoms with Gasteiger partial charge in [-0.15, -0.1) is 0 Å². The molecule has 0 aromatic heterocycles. The molecule has 0 amide bonds. The minimum atomic E-state index is -0.628. The lowest BCUT2D eigenvalue weighted by Crippen LogP contribution is -2.62. The van der Waals surface area contributed by atoms with E-state index in [1.165, 1.54) is 18.4 Å². The Morgan fingerprint density at radius 2 is 1.62 bits per heavy atom. The molecule has 2 aliphatic heterocycles. The Morgan fingerprint density at radius 3 is 2.28 bits per heavy atom. The van der Waals surface area contributed by atoms with E-state index in [1.807, 2.05) is 37.3 Å². The molecule has 2 aromatic carbocycles. The zero-order valence-electron chi connectivity index (χ0n) is 19.3. The molecule has 2 atom stereocenters. The van der Waals surface area contributed by atoms with Crippen molar-refractivity contribution in [1.29, 1.82) is 0 Å². The van der Waals surface area contributed by atoms with E-state index in [0.29, 0.717) is 11.8 Å². The van der Waals surface area contributed by atoms with Crippen LogP contribution in [0.1, 0.15) is 45.1 Å². The Hall–Kier alpha value is -2.47. The third kappa shape index (κ3) is 5.12. The summed E-state index contributed by atoms with van der Waals surface area (Å²) in [6.07, 6.45) is 4.34. The molecule has 0 spiro atoms. The van der Waals surface area contributed by atoms with Crippen LogP contribution in [0.5, 0.6) is 5.75 Å². The van der Waals surface area contributed by atoms with E-state index in [0.717, 1.165) is 49.5 Å². The van der Waals surface area contributed by atoms with E-state index in [-0.39, 0.29) is 0 Å². The average Bonchev–Trinajstić information content (AvgIpc) is 2.82. The van der Waals surface area contributed by atoms with Crippen LogP contribution in [0.4, 0.5) is 0 Å². The Bertz CT molecular complexity index is 948. The molecular formula is C27H36N4O. The number of allylic oxidation sites excluding steroid dienone is 1. The lowest BCUT2D eigenvalue weighted by Gasteiger charge is -2.41. The van der Waals surface area contributed by atoms with Gasteiger partial charge in [0.25, 0.3) is 0 Å². The van der Waals surface area contributed by atoms with Crippen molar-refractivity contribution >= 4 is 5.90 Å². The lowest BCUT2D eigenvalue weighted by atomic mass is 9.75. The number of aliphatic imine (C=N–C) groups is 1. The summed E-state index contributed by atoms with van der Waals surface area (Å²) in [5.41, 5.74) is 16.4. The van der Waals surface area contributed by atoms with Crippen molar-refractivity contribution in [3.05, 3.63) is 77.5 Å². The molecule has 2 aliphatic rings. The first-order valence-corrected chi connectivity index (χ1v) is 11.8. The Morgan fingerprint density at radius 1 is 1.00 bits per heavy atom. The highest BCUT2D eigenvalue weighted by Gasteiger charge is 2.42. The van der Waals surface area contributed by atoms with Crippen LogP contribution in [0.2, 0.25) is 0 Å². The molecule has 2 heterocycles. The fraction of sp³-hybridized carbons (Fsp3) is 0.444. The highest BCUT2D eigenvalue weighted by Crippen LogP contribution is 2.34. The predicted octanol–water partition coefficient (Wildman–Crippen LogP) is 4.49. The molecular weight excluding hydrogens is 396 g/mol. The number of hydrogen-bond acceptors (Lipinski definition) is 5. The number of piperidine rings is 1. The summed E-state index contributed by atoms with van der Waals surface area (Å²) < 4.78 is 6.05. The maximum atomic E-state index is 6.97. The van der Waals surface area contributed by atoms with E-state index in [1.54, 1.807) is 0 Å². The summed E-state index contributed by atoms with van der Waals surface area (Å²) in [4.78, 5) is 7.20. The third-order valence-electron chi connectivity index (χ3n) is 7.23. The quantitative estimate of drug-likeness (QED) is 0.705. The second-order valence-electron chi connectivity index (χ2n) is 9.34. The van der Waals surface area contributed by atoms with Crippen LogP contribution in [0, 0.1) is 5.92 Å². The maximum Gasteiger partial charge on any atom is 0.214 e. The van der Waals surface area contributed by atoms with Gasteiger partial charge in [0.15, 0.2) is 0 Å². The minimum Gasteiger partial charge on any atom is -0.441 e. The standard InChI is InChI=1S/C27H36N4O/c1-20-21(2)30-26(32-24-11-7-4-8-12-24)25(28)27(20,29)16-13-22-14-17-31(18-15-22)19-23-9-5-3-6-10-23/h3-12,22,25H,13-19,28-29H2,1-2H3. The first kappa shape index (κ1) is 22.7.